The average molecular weight is 595 g/mol. The fraction of sp³-hybridized carbons (Fsp3) is 0.0213. The summed E-state index contributed by atoms with van der Waals surface area (Å²) in [5.41, 5.74) is 12.7. The lowest BCUT2D eigenvalue weighted by Crippen LogP contribution is -1.94. The van der Waals surface area contributed by atoms with E-state index in [4.69, 9.17) is 0 Å². The molecule has 0 fully saturated rings. The molecule has 0 unspecified atom stereocenters. The van der Waals surface area contributed by atoms with Gasteiger partial charge in [0.2, 0.25) is 0 Å². The van der Waals surface area contributed by atoms with Crippen LogP contribution in [0.5, 0.6) is 0 Å². The maximum Gasteiger partial charge on any atom is -0.00206 e. The van der Waals surface area contributed by atoms with Crippen molar-refractivity contribution >= 4 is 49.2 Å². The molecule has 0 spiro atoms. The number of benzene rings is 9. The molecule has 0 amide bonds. The molecule has 1 aliphatic rings. The molecule has 0 radical (unpaired) electrons. The Hall–Kier alpha value is -5.98. The van der Waals surface area contributed by atoms with Gasteiger partial charge in [-0.15, -0.1) is 0 Å². The first kappa shape index (κ1) is 26.3. The van der Waals surface area contributed by atoms with E-state index in [1.54, 1.807) is 0 Å². The fourth-order valence-electron chi connectivity index (χ4n) is 7.96. The van der Waals surface area contributed by atoms with E-state index in [9.17, 15) is 0 Å². The summed E-state index contributed by atoms with van der Waals surface area (Å²) >= 11 is 0. The van der Waals surface area contributed by atoms with Crippen LogP contribution in [-0.4, -0.2) is 0 Å². The Balaban J connectivity index is 1.01. The third kappa shape index (κ3) is 4.15. The van der Waals surface area contributed by atoms with Gasteiger partial charge in [-0.3, -0.25) is 0 Å². The highest BCUT2D eigenvalue weighted by molar-refractivity contribution is 6.25. The Morgan fingerprint density at radius 1 is 0.340 bits per heavy atom. The molecule has 218 valence electrons. The molecule has 0 nitrogen and oxygen atoms in total. The molecular weight excluding hydrogens is 565 g/mol. The molecule has 0 heterocycles. The van der Waals surface area contributed by atoms with Gasteiger partial charge in [0.1, 0.15) is 0 Å². The van der Waals surface area contributed by atoms with Crippen LogP contribution in [0, 0.1) is 0 Å². The van der Waals surface area contributed by atoms with Crippen LogP contribution in [-0.2, 0) is 6.42 Å². The second-order valence-electron chi connectivity index (χ2n) is 12.9. The standard InChI is InChI=1S/C47H30/c1-6-32-10-5-15-43-41(25-22-33(7-1)45(32)43)39-13-3-11-37(28-39)30-16-18-31(19-17-30)38-12-4-14-40(29-38)42-26-23-36-21-20-34-8-2-9-35-24-27-44(42)47(36)46(34)35/h1-5,7-29H,6H2. The van der Waals surface area contributed by atoms with E-state index in [0.29, 0.717) is 0 Å². The van der Waals surface area contributed by atoms with Crippen molar-refractivity contribution in [1.82, 2.24) is 0 Å². The molecule has 0 bridgehead atoms. The first-order chi connectivity index (χ1) is 23.3. The molecule has 9 aromatic rings. The van der Waals surface area contributed by atoms with Gasteiger partial charge in [0.25, 0.3) is 0 Å². The van der Waals surface area contributed by atoms with Crippen molar-refractivity contribution in [2.75, 3.05) is 0 Å². The van der Waals surface area contributed by atoms with E-state index in [2.05, 4.69) is 170 Å². The van der Waals surface area contributed by atoms with Crippen LogP contribution in [0.15, 0.2) is 164 Å². The van der Waals surface area contributed by atoms with Crippen LogP contribution >= 0.6 is 0 Å². The molecule has 0 atom stereocenters. The van der Waals surface area contributed by atoms with Gasteiger partial charge in [0.05, 0.1) is 0 Å². The molecule has 0 heteroatoms. The van der Waals surface area contributed by atoms with Gasteiger partial charge < -0.3 is 0 Å². The normalized spacial score (nSPS) is 12.5. The van der Waals surface area contributed by atoms with Gasteiger partial charge in [-0.2, -0.15) is 0 Å². The van der Waals surface area contributed by atoms with Crippen molar-refractivity contribution in [3.05, 3.63) is 175 Å². The molecule has 0 saturated heterocycles. The lowest BCUT2D eigenvalue weighted by atomic mass is 9.88. The highest BCUT2D eigenvalue weighted by atomic mass is 14.2. The van der Waals surface area contributed by atoms with E-state index in [1.807, 2.05) is 0 Å². The Morgan fingerprint density at radius 2 is 0.872 bits per heavy atom. The third-order valence-electron chi connectivity index (χ3n) is 10.2. The van der Waals surface area contributed by atoms with Crippen LogP contribution in [0.1, 0.15) is 11.1 Å². The largest absolute Gasteiger partial charge is 0.0795 e. The summed E-state index contributed by atoms with van der Waals surface area (Å²) in [4.78, 5) is 0. The summed E-state index contributed by atoms with van der Waals surface area (Å²) in [6.07, 6.45) is 5.53. The van der Waals surface area contributed by atoms with E-state index < -0.39 is 0 Å². The van der Waals surface area contributed by atoms with Crippen molar-refractivity contribution in [3.8, 4) is 44.5 Å². The fourth-order valence-corrected chi connectivity index (χ4v) is 7.96. The van der Waals surface area contributed by atoms with Crippen molar-refractivity contribution < 1.29 is 0 Å². The highest BCUT2D eigenvalue weighted by Crippen LogP contribution is 2.41. The van der Waals surface area contributed by atoms with Gasteiger partial charge in [-0.05, 0) is 117 Å². The van der Waals surface area contributed by atoms with Gasteiger partial charge in [-0.25, -0.2) is 0 Å². The first-order valence-corrected chi connectivity index (χ1v) is 16.5. The predicted molar refractivity (Wildman–Crippen MR) is 202 cm³/mol. The molecule has 0 aromatic heterocycles. The number of hydrogen-bond acceptors (Lipinski definition) is 0. The van der Waals surface area contributed by atoms with Gasteiger partial charge >= 0.3 is 0 Å². The van der Waals surface area contributed by atoms with Gasteiger partial charge in [0.15, 0.2) is 0 Å². The Labute approximate surface area is 274 Å². The van der Waals surface area contributed by atoms with Crippen LogP contribution in [0.25, 0.3) is 93.7 Å². The van der Waals surface area contributed by atoms with Crippen molar-refractivity contribution in [3.63, 3.8) is 0 Å². The lowest BCUT2D eigenvalue weighted by molar-refractivity contribution is 1.29. The Morgan fingerprint density at radius 3 is 1.57 bits per heavy atom. The number of rotatable bonds is 4. The maximum atomic E-state index is 2.34. The Bertz CT molecular complexity index is 2670. The van der Waals surface area contributed by atoms with E-state index in [0.717, 1.165) is 6.42 Å². The molecule has 0 saturated carbocycles. The summed E-state index contributed by atoms with van der Waals surface area (Å²) in [6, 6.07) is 58.6. The molecular formula is C47H30. The third-order valence-corrected chi connectivity index (χ3v) is 10.2. The van der Waals surface area contributed by atoms with Crippen molar-refractivity contribution in [1.29, 1.82) is 0 Å². The molecule has 0 aliphatic heterocycles. The molecule has 10 rings (SSSR count). The van der Waals surface area contributed by atoms with Crippen LogP contribution in [0.2, 0.25) is 0 Å². The quantitative estimate of drug-likeness (QED) is 0.178. The maximum absolute atomic E-state index is 2.34. The van der Waals surface area contributed by atoms with E-state index in [1.165, 1.54) is 98.7 Å². The SMILES string of the molecule is C1=Cc2ccc(-c3cccc(-c4ccc(-c5cccc(-c6ccc7ccc8cccc9ccc6c7c89)c5)cc4)c3)c3cccc(c23)C1. The number of hydrogen-bond donors (Lipinski definition) is 0. The van der Waals surface area contributed by atoms with Crippen LogP contribution in [0.3, 0.4) is 0 Å². The second-order valence-corrected chi connectivity index (χ2v) is 12.9. The zero-order chi connectivity index (χ0) is 30.9. The summed E-state index contributed by atoms with van der Waals surface area (Å²) in [5, 5.41) is 10.7. The summed E-state index contributed by atoms with van der Waals surface area (Å²) in [7, 11) is 0. The van der Waals surface area contributed by atoms with E-state index in [-0.39, 0.29) is 0 Å². The van der Waals surface area contributed by atoms with Crippen molar-refractivity contribution in [2.45, 2.75) is 6.42 Å². The predicted octanol–water partition coefficient (Wildman–Crippen LogP) is 13.0. The molecule has 9 aromatic carbocycles. The Kier molecular flexibility index (Phi) is 5.74. The highest BCUT2D eigenvalue weighted by Gasteiger charge is 2.14. The minimum atomic E-state index is 1.00. The summed E-state index contributed by atoms with van der Waals surface area (Å²) < 4.78 is 0. The van der Waals surface area contributed by atoms with Gasteiger partial charge in [0, 0.05) is 0 Å². The minimum absolute atomic E-state index is 1.00. The zero-order valence-corrected chi connectivity index (χ0v) is 25.9. The van der Waals surface area contributed by atoms with Crippen LogP contribution in [0.4, 0.5) is 0 Å². The summed E-state index contributed by atoms with van der Waals surface area (Å²) in [5.74, 6) is 0. The van der Waals surface area contributed by atoms with Crippen molar-refractivity contribution in [2.24, 2.45) is 0 Å². The number of allylic oxidation sites excluding steroid dienone is 1. The minimum Gasteiger partial charge on any atom is -0.0795 e. The van der Waals surface area contributed by atoms with E-state index >= 15 is 0 Å². The molecule has 1 aliphatic carbocycles. The smallest absolute Gasteiger partial charge is 0.00206 e. The molecule has 47 heavy (non-hydrogen) atoms. The lowest BCUT2D eigenvalue weighted by Gasteiger charge is -2.16. The average Bonchev–Trinajstić information content (AvgIpc) is 3.14. The van der Waals surface area contributed by atoms with Gasteiger partial charge in [-0.1, -0.05) is 158 Å². The molecule has 0 N–H and O–H groups in total. The topological polar surface area (TPSA) is 0 Å². The monoisotopic (exact) mass is 594 g/mol. The first-order valence-electron chi connectivity index (χ1n) is 16.5. The van der Waals surface area contributed by atoms with Crippen LogP contribution < -0.4 is 0 Å². The zero-order valence-electron chi connectivity index (χ0n) is 25.9. The second kappa shape index (κ2) is 10.3. The summed E-state index contributed by atoms with van der Waals surface area (Å²) in [6.45, 7) is 0.